The topological polar surface area (TPSA) is 23.5 Å². The van der Waals surface area contributed by atoms with Crippen LogP contribution in [0.25, 0.3) is 10.1 Å². The lowest BCUT2D eigenvalue weighted by Gasteiger charge is -2.13. The normalized spacial score (nSPS) is 16.2. The molecule has 3 rings (SSSR count). The summed E-state index contributed by atoms with van der Waals surface area (Å²) in [6.07, 6.45) is 1.76. The number of aliphatic hydroxyl groups excluding tert-OH is 1. The first-order chi connectivity index (χ1) is 8.70. The Bertz CT molecular complexity index is 593. The summed E-state index contributed by atoms with van der Waals surface area (Å²) < 4.78 is 1.31. The summed E-state index contributed by atoms with van der Waals surface area (Å²) in [4.78, 5) is 3.64. The summed E-state index contributed by atoms with van der Waals surface area (Å²) in [6.45, 7) is 2.21. The molecule has 2 heterocycles. The highest BCUT2D eigenvalue weighted by Crippen LogP contribution is 2.39. The number of halogens is 1. The van der Waals surface area contributed by atoms with E-state index in [0.717, 1.165) is 31.0 Å². The molecule has 0 saturated heterocycles. The molecule has 0 radical (unpaired) electrons. The zero-order valence-electron chi connectivity index (χ0n) is 10.4. The van der Waals surface area contributed by atoms with Gasteiger partial charge in [-0.3, -0.25) is 0 Å². The van der Waals surface area contributed by atoms with Crippen molar-refractivity contribution in [2.45, 2.75) is 19.4 Å². The molecule has 0 unspecified atom stereocenters. The number of thiophene rings is 1. The minimum Gasteiger partial charge on any atom is -0.396 e. The number of nitrogens with zero attached hydrogens (tertiary/aromatic N) is 1. The van der Waals surface area contributed by atoms with Crippen molar-refractivity contribution < 1.29 is 5.11 Å². The lowest BCUT2D eigenvalue weighted by molar-refractivity contribution is 0.298. The fourth-order valence-electron chi connectivity index (χ4n) is 2.72. The van der Waals surface area contributed by atoms with Crippen molar-refractivity contribution in [2.24, 2.45) is 0 Å². The predicted molar refractivity (Wildman–Crippen MR) is 77.7 cm³/mol. The third-order valence-electron chi connectivity index (χ3n) is 3.60. The fraction of sp³-hybridized carbons (Fsp3) is 0.429. The quantitative estimate of drug-likeness (QED) is 0.914. The summed E-state index contributed by atoms with van der Waals surface area (Å²) in [7, 11) is 2.14. The third-order valence-corrected chi connectivity index (χ3v) is 5.21. The summed E-state index contributed by atoms with van der Waals surface area (Å²) in [6, 6.07) is 4.12. The second-order valence-electron chi connectivity index (χ2n) is 4.86. The van der Waals surface area contributed by atoms with Gasteiger partial charge in [0, 0.05) is 46.1 Å². The molecule has 0 spiro atoms. The van der Waals surface area contributed by atoms with E-state index < -0.39 is 0 Å². The Labute approximate surface area is 116 Å². The number of hydrogen-bond acceptors (Lipinski definition) is 3. The van der Waals surface area contributed by atoms with Gasteiger partial charge in [0.1, 0.15) is 0 Å². The Hall–Kier alpha value is -0.610. The van der Waals surface area contributed by atoms with E-state index in [0.29, 0.717) is 0 Å². The summed E-state index contributed by atoms with van der Waals surface area (Å²) in [5, 5.41) is 11.4. The van der Waals surface area contributed by atoms with Gasteiger partial charge in [0.2, 0.25) is 0 Å². The molecule has 18 heavy (non-hydrogen) atoms. The fourth-order valence-corrected chi connectivity index (χ4v) is 4.20. The first-order valence-corrected chi connectivity index (χ1v) is 7.41. The molecule has 1 N–H and O–H groups in total. The van der Waals surface area contributed by atoms with Crippen molar-refractivity contribution in [1.29, 1.82) is 0 Å². The highest BCUT2D eigenvalue weighted by atomic mass is 35.5. The number of aliphatic hydroxyl groups is 1. The Morgan fingerprint density at radius 3 is 3.00 bits per heavy atom. The molecule has 4 heteroatoms. The van der Waals surface area contributed by atoms with Gasteiger partial charge in [0.25, 0.3) is 0 Å². The smallest absolute Gasteiger partial charge is 0.0479 e. The molecule has 1 aliphatic rings. The minimum absolute atomic E-state index is 0.215. The highest BCUT2D eigenvalue weighted by Gasteiger charge is 2.21. The summed E-state index contributed by atoms with van der Waals surface area (Å²) in [5.41, 5.74) is 2.66. The number of rotatable bonds is 2. The van der Waals surface area contributed by atoms with Gasteiger partial charge in [-0.2, -0.15) is 0 Å². The maximum absolute atomic E-state index is 9.21. The van der Waals surface area contributed by atoms with E-state index in [1.54, 1.807) is 11.3 Å². The Kier molecular flexibility index (Phi) is 3.32. The molecule has 96 valence electrons. The molecule has 0 fully saturated rings. The third kappa shape index (κ3) is 1.95. The van der Waals surface area contributed by atoms with Crippen LogP contribution in [0.2, 0.25) is 5.02 Å². The van der Waals surface area contributed by atoms with E-state index in [4.69, 9.17) is 11.6 Å². The number of benzene rings is 1. The van der Waals surface area contributed by atoms with E-state index in [-0.39, 0.29) is 6.61 Å². The van der Waals surface area contributed by atoms with Gasteiger partial charge in [-0.05, 0) is 36.7 Å². The zero-order valence-corrected chi connectivity index (χ0v) is 11.9. The molecule has 1 aliphatic heterocycles. The first-order valence-electron chi connectivity index (χ1n) is 6.21. The van der Waals surface area contributed by atoms with Crippen molar-refractivity contribution in [1.82, 2.24) is 4.90 Å². The van der Waals surface area contributed by atoms with Crippen LogP contribution in [-0.4, -0.2) is 30.2 Å². The van der Waals surface area contributed by atoms with E-state index in [9.17, 15) is 5.11 Å². The van der Waals surface area contributed by atoms with Gasteiger partial charge >= 0.3 is 0 Å². The van der Waals surface area contributed by atoms with E-state index in [2.05, 4.69) is 18.0 Å². The number of hydrogen-bond donors (Lipinski definition) is 1. The van der Waals surface area contributed by atoms with Crippen molar-refractivity contribution in [3.05, 3.63) is 33.2 Å². The molecule has 1 aromatic heterocycles. The maximum atomic E-state index is 9.21. The van der Waals surface area contributed by atoms with E-state index in [1.807, 2.05) is 6.07 Å². The molecular formula is C14H16ClNOS. The Morgan fingerprint density at radius 1 is 1.39 bits per heavy atom. The van der Waals surface area contributed by atoms with Crippen LogP contribution in [0.4, 0.5) is 0 Å². The standard InChI is InChI=1S/C14H16ClNOS/c1-16-6-4-9-11(15)2-3-13-14(9)10(8-16)12(18-13)5-7-17/h2-3,17H,4-8H2,1H3. The minimum atomic E-state index is 0.215. The van der Waals surface area contributed by atoms with Gasteiger partial charge < -0.3 is 10.0 Å². The van der Waals surface area contributed by atoms with Crippen LogP contribution in [-0.2, 0) is 19.4 Å². The van der Waals surface area contributed by atoms with Crippen LogP contribution >= 0.6 is 22.9 Å². The van der Waals surface area contributed by atoms with Gasteiger partial charge in [0.15, 0.2) is 0 Å². The average molecular weight is 282 g/mol. The van der Waals surface area contributed by atoms with Crippen molar-refractivity contribution in [3.8, 4) is 0 Å². The second kappa shape index (κ2) is 4.82. The van der Waals surface area contributed by atoms with Crippen LogP contribution in [0.15, 0.2) is 12.1 Å². The van der Waals surface area contributed by atoms with E-state index in [1.165, 1.54) is 26.1 Å². The number of likely N-dealkylation sites (N-methyl/N-ethyl adjacent to an activating group) is 1. The van der Waals surface area contributed by atoms with Gasteiger partial charge in [0.05, 0.1) is 0 Å². The van der Waals surface area contributed by atoms with Crippen molar-refractivity contribution >= 4 is 33.0 Å². The molecule has 0 saturated carbocycles. The predicted octanol–water partition coefficient (Wildman–Crippen LogP) is 3.08. The van der Waals surface area contributed by atoms with E-state index >= 15 is 0 Å². The molecule has 1 aromatic carbocycles. The summed E-state index contributed by atoms with van der Waals surface area (Å²) >= 11 is 8.15. The first kappa shape index (κ1) is 12.4. The molecule has 0 bridgehead atoms. The van der Waals surface area contributed by atoms with Crippen LogP contribution in [0.1, 0.15) is 16.0 Å². The van der Waals surface area contributed by atoms with Crippen molar-refractivity contribution in [3.63, 3.8) is 0 Å². The largest absolute Gasteiger partial charge is 0.396 e. The second-order valence-corrected chi connectivity index (χ2v) is 6.41. The maximum Gasteiger partial charge on any atom is 0.0479 e. The summed E-state index contributed by atoms with van der Waals surface area (Å²) in [5.74, 6) is 0. The molecule has 2 aromatic rings. The average Bonchev–Trinajstić information content (AvgIpc) is 2.56. The SMILES string of the molecule is CN1CCc2c(Cl)ccc3sc(CCO)c(c23)C1. The lowest BCUT2D eigenvalue weighted by atomic mass is 10.0. The van der Waals surface area contributed by atoms with Crippen LogP contribution in [0.3, 0.4) is 0 Å². The Morgan fingerprint density at radius 2 is 2.22 bits per heavy atom. The Balaban J connectivity index is 2.28. The van der Waals surface area contributed by atoms with Crippen molar-refractivity contribution in [2.75, 3.05) is 20.2 Å². The van der Waals surface area contributed by atoms with Gasteiger partial charge in [-0.15, -0.1) is 11.3 Å². The van der Waals surface area contributed by atoms with Gasteiger partial charge in [-0.25, -0.2) is 0 Å². The molecule has 0 amide bonds. The monoisotopic (exact) mass is 281 g/mol. The molecule has 0 atom stereocenters. The van der Waals surface area contributed by atoms with Crippen LogP contribution in [0.5, 0.6) is 0 Å². The highest BCUT2D eigenvalue weighted by molar-refractivity contribution is 7.19. The lowest BCUT2D eigenvalue weighted by Crippen LogP contribution is -2.19. The van der Waals surface area contributed by atoms with Gasteiger partial charge in [-0.1, -0.05) is 11.6 Å². The zero-order chi connectivity index (χ0) is 12.7. The van der Waals surface area contributed by atoms with Crippen LogP contribution < -0.4 is 0 Å². The molecule has 0 aliphatic carbocycles. The molecule has 2 nitrogen and oxygen atoms in total. The van der Waals surface area contributed by atoms with Crippen LogP contribution in [0, 0.1) is 0 Å². The molecular weight excluding hydrogens is 266 g/mol.